The molecule has 1 heteroatoms. The molecule has 2 rings (SSSR count). The third kappa shape index (κ3) is 5.14. The predicted molar refractivity (Wildman–Crippen MR) is 86.6 cm³/mol. The highest BCUT2D eigenvalue weighted by Crippen LogP contribution is 2.40. The van der Waals surface area contributed by atoms with Gasteiger partial charge >= 0.3 is 0 Å². The molecule has 0 saturated heterocycles. The maximum absolute atomic E-state index is 5.99. The molecule has 0 N–H and O–H groups in total. The van der Waals surface area contributed by atoms with E-state index < -0.39 is 0 Å². The zero-order valence-electron chi connectivity index (χ0n) is 13.7. The molecule has 0 radical (unpaired) electrons. The highest BCUT2D eigenvalue weighted by atomic mass is 16.5. The molecule has 0 aliphatic heterocycles. The Labute approximate surface area is 126 Å². The molecule has 2 aliphatic carbocycles. The van der Waals surface area contributed by atoms with E-state index in [-0.39, 0.29) is 0 Å². The summed E-state index contributed by atoms with van der Waals surface area (Å²) in [7, 11) is 0. The largest absolute Gasteiger partial charge is 0.498 e. The maximum atomic E-state index is 5.99. The molecule has 0 spiro atoms. The van der Waals surface area contributed by atoms with Crippen molar-refractivity contribution in [2.45, 2.75) is 90.6 Å². The van der Waals surface area contributed by atoms with Crippen LogP contribution in [0.15, 0.2) is 12.3 Å². The zero-order valence-corrected chi connectivity index (χ0v) is 13.7. The molecule has 0 amide bonds. The summed E-state index contributed by atoms with van der Waals surface area (Å²) in [5, 5.41) is 0. The van der Waals surface area contributed by atoms with Gasteiger partial charge in [0.1, 0.15) is 0 Å². The fourth-order valence-corrected chi connectivity index (χ4v) is 4.05. The van der Waals surface area contributed by atoms with Crippen molar-refractivity contribution in [1.82, 2.24) is 0 Å². The highest BCUT2D eigenvalue weighted by molar-refractivity contribution is 4.84. The van der Waals surface area contributed by atoms with Crippen LogP contribution >= 0.6 is 0 Å². The van der Waals surface area contributed by atoms with Gasteiger partial charge in [0, 0.05) is 0 Å². The summed E-state index contributed by atoms with van der Waals surface area (Å²) in [4.78, 5) is 0. The Hall–Kier alpha value is -0.460. The van der Waals surface area contributed by atoms with Crippen molar-refractivity contribution >= 4 is 0 Å². The summed E-state index contributed by atoms with van der Waals surface area (Å²) >= 11 is 0. The smallest absolute Gasteiger partial charge is 0.0981 e. The lowest BCUT2D eigenvalue weighted by atomic mass is 9.71. The first-order valence-electron chi connectivity index (χ1n) is 9.10. The second kappa shape index (κ2) is 8.74. The lowest BCUT2D eigenvalue weighted by Gasteiger charge is -2.37. The molecular formula is C19H34O. The minimum absolute atomic E-state index is 0.506. The summed E-state index contributed by atoms with van der Waals surface area (Å²) in [6.45, 7) is 4.66. The molecule has 0 heterocycles. The first-order valence-corrected chi connectivity index (χ1v) is 9.10. The van der Waals surface area contributed by atoms with Crippen LogP contribution in [0.1, 0.15) is 84.5 Å². The molecule has 2 atom stereocenters. The van der Waals surface area contributed by atoms with Gasteiger partial charge in [-0.1, -0.05) is 33.1 Å². The van der Waals surface area contributed by atoms with E-state index in [1.807, 2.05) is 6.26 Å². The fourth-order valence-electron chi connectivity index (χ4n) is 4.05. The standard InChI is InChI=1S/C19H34O/c1-3-4-5-6-14-20-19-9-7-8-18(15-19)17-12-10-16(2)11-13-17/h6,14,16-19H,3-5,7-13,15H2,1-2H3/b14-6+/t16?,17?,18-,19-/m1/s1. The van der Waals surface area contributed by atoms with Crippen LogP contribution in [0.4, 0.5) is 0 Å². The number of hydrogen-bond donors (Lipinski definition) is 0. The number of rotatable bonds is 6. The molecule has 0 unspecified atom stereocenters. The van der Waals surface area contributed by atoms with Crippen LogP contribution in [-0.4, -0.2) is 6.10 Å². The third-order valence-corrected chi connectivity index (χ3v) is 5.49. The SMILES string of the molecule is CCCC/C=C/O[C@@H]1CCC[C@@H](C2CCC(C)CC2)C1. The molecular weight excluding hydrogens is 244 g/mol. The van der Waals surface area contributed by atoms with Crippen molar-refractivity contribution in [2.75, 3.05) is 0 Å². The number of unbranched alkanes of at least 4 members (excludes halogenated alkanes) is 2. The summed E-state index contributed by atoms with van der Waals surface area (Å²) < 4.78 is 5.99. The van der Waals surface area contributed by atoms with Gasteiger partial charge in [-0.3, -0.25) is 0 Å². The fraction of sp³-hybridized carbons (Fsp3) is 0.895. The topological polar surface area (TPSA) is 9.23 Å². The van der Waals surface area contributed by atoms with E-state index in [0.29, 0.717) is 6.10 Å². The highest BCUT2D eigenvalue weighted by Gasteiger charge is 2.30. The summed E-state index contributed by atoms with van der Waals surface area (Å²) in [5.74, 6) is 2.93. The third-order valence-electron chi connectivity index (χ3n) is 5.49. The molecule has 2 fully saturated rings. The second-order valence-corrected chi connectivity index (χ2v) is 7.22. The van der Waals surface area contributed by atoms with Gasteiger partial charge in [-0.25, -0.2) is 0 Å². The van der Waals surface area contributed by atoms with Gasteiger partial charge in [0.25, 0.3) is 0 Å². The molecule has 20 heavy (non-hydrogen) atoms. The van der Waals surface area contributed by atoms with Crippen molar-refractivity contribution < 1.29 is 4.74 Å². The number of hydrogen-bond acceptors (Lipinski definition) is 1. The van der Waals surface area contributed by atoms with Crippen LogP contribution < -0.4 is 0 Å². The van der Waals surface area contributed by atoms with E-state index in [9.17, 15) is 0 Å². The Morgan fingerprint density at radius 2 is 1.80 bits per heavy atom. The number of ether oxygens (including phenoxy) is 1. The van der Waals surface area contributed by atoms with Crippen molar-refractivity contribution in [3.63, 3.8) is 0 Å². The lowest BCUT2D eigenvalue weighted by Crippen LogP contribution is -2.29. The van der Waals surface area contributed by atoms with Crippen LogP contribution in [0, 0.1) is 17.8 Å². The van der Waals surface area contributed by atoms with Gasteiger partial charge in [-0.2, -0.15) is 0 Å². The zero-order chi connectivity index (χ0) is 14.2. The Morgan fingerprint density at radius 3 is 2.55 bits per heavy atom. The Morgan fingerprint density at radius 1 is 1.00 bits per heavy atom. The Kier molecular flexibility index (Phi) is 6.96. The van der Waals surface area contributed by atoms with Crippen molar-refractivity contribution in [1.29, 1.82) is 0 Å². The van der Waals surface area contributed by atoms with Crippen molar-refractivity contribution in [2.24, 2.45) is 17.8 Å². The van der Waals surface area contributed by atoms with Gasteiger partial charge < -0.3 is 4.74 Å². The van der Waals surface area contributed by atoms with Crippen LogP contribution in [-0.2, 0) is 4.74 Å². The van der Waals surface area contributed by atoms with Gasteiger partial charge in [0.05, 0.1) is 12.4 Å². The minimum Gasteiger partial charge on any atom is -0.498 e. The molecule has 0 aromatic rings. The summed E-state index contributed by atoms with van der Waals surface area (Å²) in [6.07, 6.45) is 19.8. The first kappa shape index (κ1) is 15.9. The maximum Gasteiger partial charge on any atom is 0.0981 e. The molecule has 0 bridgehead atoms. The Balaban J connectivity index is 1.70. The van der Waals surface area contributed by atoms with Gasteiger partial charge in [-0.15, -0.1) is 0 Å². The van der Waals surface area contributed by atoms with Crippen LogP contribution in [0.25, 0.3) is 0 Å². The van der Waals surface area contributed by atoms with E-state index in [1.54, 1.807) is 0 Å². The van der Waals surface area contributed by atoms with Crippen LogP contribution in [0.3, 0.4) is 0 Å². The van der Waals surface area contributed by atoms with Gasteiger partial charge in [0.2, 0.25) is 0 Å². The normalized spacial score (nSPS) is 35.3. The number of allylic oxidation sites excluding steroid dienone is 1. The average Bonchev–Trinajstić information content (AvgIpc) is 2.48. The second-order valence-electron chi connectivity index (χ2n) is 7.22. The van der Waals surface area contributed by atoms with Crippen LogP contribution in [0.2, 0.25) is 0 Å². The van der Waals surface area contributed by atoms with E-state index in [1.165, 1.54) is 70.6 Å². The molecule has 0 aromatic carbocycles. The molecule has 1 nitrogen and oxygen atoms in total. The van der Waals surface area contributed by atoms with E-state index >= 15 is 0 Å². The first-order chi connectivity index (χ1) is 9.79. The molecule has 0 aromatic heterocycles. The molecule has 2 saturated carbocycles. The summed E-state index contributed by atoms with van der Waals surface area (Å²) in [6, 6.07) is 0. The monoisotopic (exact) mass is 278 g/mol. The molecule has 116 valence electrons. The molecule has 2 aliphatic rings. The predicted octanol–water partition coefficient (Wildman–Crippen LogP) is 6.09. The van der Waals surface area contributed by atoms with Crippen LogP contribution in [0.5, 0.6) is 0 Å². The van der Waals surface area contributed by atoms with E-state index in [2.05, 4.69) is 19.9 Å². The van der Waals surface area contributed by atoms with Crippen molar-refractivity contribution in [3.05, 3.63) is 12.3 Å². The van der Waals surface area contributed by atoms with Crippen molar-refractivity contribution in [3.8, 4) is 0 Å². The minimum atomic E-state index is 0.506. The van der Waals surface area contributed by atoms with E-state index in [0.717, 1.165) is 17.8 Å². The van der Waals surface area contributed by atoms with Gasteiger partial charge in [-0.05, 0) is 75.2 Å². The lowest BCUT2D eigenvalue weighted by molar-refractivity contribution is 0.0523. The van der Waals surface area contributed by atoms with E-state index in [4.69, 9.17) is 4.74 Å². The quantitative estimate of drug-likeness (QED) is 0.422. The average molecular weight is 278 g/mol. The van der Waals surface area contributed by atoms with Gasteiger partial charge in [0.15, 0.2) is 0 Å². The summed E-state index contributed by atoms with van der Waals surface area (Å²) in [5.41, 5.74) is 0. The Bertz CT molecular complexity index is 275.